The van der Waals surface area contributed by atoms with Gasteiger partial charge in [0.25, 0.3) is 6.36 Å². The van der Waals surface area contributed by atoms with Gasteiger partial charge in [0, 0.05) is 18.7 Å². The average molecular weight is 532 g/mol. The molecule has 3 atom stereocenters. The summed E-state index contributed by atoms with van der Waals surface area (Å²) in [5.41, 5.74) is -2.35. The van der Waals surface area contributed by atoms with Crippen molar-refractivity contribution in [3.05, 3.63) is 88.2 Å². The Morgan fingerprint density at radius 3 is 1.78 bits per heavy atom. The number of benzene rings is 3. The third-order valence-electron chi connectivity index (χ3n) is 5.73. The van der Waals surface area contributed by atoms with E-state index in [0.717, 1.165) is 18.6 Å². The van der Waals surface area contributed by atoms with Crippen molar-refractivity contribution in [2.45, 2.75) is 46.1 Å². The summed E-state index contributed by atoms with van der Waals surface area (Å²) in [6.07, 6.45) is -2.07. The zero-order valence-electron chi connectivity index (χ0n) is 20.2. The highest BCUT2D eigenvalue weighted by Crippen LogP contribution is 2.37. The van der Waals surface area contributed by atoms with Crippen LogP contribution in [-0.2, 0) is 4.74 Å². The van der Waals surface area contributed by atoms with E-state index in [2.05, 4.69) is 4.74 Å². The number of rotatable bonds is 5. The maximum absolute atomic E-state index is 14.8. The van der Waals surface area contributed by atoms with Gasteiger partial charge in [-0.2, -0.15) is 4.39 Å². The van der Waals surface area contributed by atoms with Gasteiger partial charge in [-0.05, 0) is 54.2 Å². The van der Waals surface area contributed by atoms with Crippen molar-refractivity contribution in [2.24, 2.45) is 5.92 Å². The van der Waals surface area contributed by atoms with E-state index in [4.69, 9.17) is 4.74 Å². The lowest BCUT2D eigenvalue weighted by Gasteiger charge is -2.27. The lowest BCUT2D eigenvalue weighted by Crippen LogP contribution is -2.18. The quantitative estimate of drug-likeness (QED) is 0.241. The monoisotopic (exact) mass is 532 g/mol. The molecule has 1 heterocycles. The molecule has 2 nitrogen and oxygen atoms in total. The third-order valence-corrected chi connectivity index (χ3v) is 5.73. The smallest absolute Gasteiger partial charge is 0.269 e. The first-order valence-corrected chi connectivity index (χ1v) is 11.6. The van der Waals surface area contributed by atoms with Crippen LogP contribution in [0.2, 0.25) is 0 Å². The zero-order chi connectivity index (χ0) is 27.4. The zero-order valence-corrected chi connectivity index (χ0v) is 20.2. The first kappa shape index (κ1) is 28.4. The summed E-state index contributed by atoms with van der Waals surface area (Å²) in [5, 5.41) is 0. The number of hydrogen-bond donors (Lipinski definition) is 0. The molecule has 200 valence electrons. The maximum Gasteiger partial charge on any atom is 0.269 e. The Hall–Kier alpha value is -3.14. The predicted molar refractivity (Wildman–Crippen MR) is 121 cm³/mol. The van der Waals surface area contributed by atoms with Crippen molar-refractivity contribution in [3.63, 3.8) is 0 Å². The van der Waals surface area contributed by atoms with Gasteiger partial charge in [-0.25, -0.2) is 30.7 Å². The van der Waals surface area contributed by atoms with Gasteiger partial charge in [0.05, 0.1) is 17.2 Å². The van der Waals surface area contributed by atoms with Gasteiger partial charge in [-0.15, -0.1) is 0 Å². The van der Waals surface area contributed by atoms with Gasteiger partial charge in [-0.3, -0.25) is 0 Å². The molecular formula is C27H24F8O2. The van der Waals surface area contributed by atoms with Gasteiger partial charge in [0.1, 0.15) is 29.0 Å². The van der Waals surface area contributed by atoms with E-state index in [1.54, 1.807) is 0 Å². The Balaban J connectivity index is 0.00000186. The maximum atomic E-state index is 14.8. The van der Waals surface area contributed by atoms with Crippen LogP contribution in [0, 0.1) is 46.6 Å². The van der Waals surface area contributed by atoms with Crippen LogP contribution in [0.4, 0.5) is 35.1 Å². The highest BCUT2D eigenvalue weighted by atomic mass is 19.2. The molecular weight excluding hydrogens is 508 g/mol. The van der Waals surface area contributed by atoms with E-state index in [9.17, 15) is 35.1 Å². The van der Waals surface area contributed by atoms with Crippen molar-refractivity contribution in [3.8, 4) is 16.9 Å². The second-order valence-electron chi connectivity index (χ2n) is 8.35. The predicted octanol–water partition coefficient (Wildman–Crippen LogP) is 8.89. The van der Waals surface area contributed by atoms with Crippen LogP contribution in [0.5, 0.6) is 5.75 Å². The first-order chi connectivity index (χ1) is 17.5. The summed E-state index contributed by atoms with van der Waals surface area (Å²) in [5.74, 6) is -11.1. The Kier molecular flexibility index (Phi) is 9.17. The molecule has 0 radical (unpaired) electrons. The summed E-state index contributed by atoms with van der Waals surface area (Å²) in [6, 6.07) is 3.61. The van der Waals surface area contributed by atoms with Crippen LogP contribution >= 0.6 is 0 Å². The molecule has 0 bridgehead atoms. The minimum atomic E-state index is -2.91. The molecule has 0 N–H and O–H groups in total. The van der Waals surface area contributed by atoms with Crippen molar-refractivity contribution >= 4 is 0 Å². The molecule has 3 unspecified atom stereocenters. The summed E-state index contributed by atoms with van der Waals surface area (Å²) in [6.45, 7) is 6.41. The standard InChI is InChI=1S/C25H18F8O2.C2H6/c1-11-2-3-21(34-10-11)12-4-15(26)22(16(27)5-12)13-6-17(28)23(18(29)7-13)25(33)35-14-8-19(30)24(32)20(31)9-14;1-2/h4-9,11,21,25H,2-3,10H2,1H3;1-2H3. The van der Waals surface area contributed by atoms with Crippen LogP contribution in [0.25, 0.3) is 11.1 Å². The molecule has 0 aliphatic carbocycles. The second kappa shape index (κ2) is 11.9. The Bertz CT molecular complexity index is 1190. The van der Waals surface area contributed by atoms with E-state index in [-0.39, 0.29) is 17.7 Å². The van der Waals surface area contributed by atoms with Crippen LogP contribution in [0.3, 0.4) is 0 Å². The fraction of sp³-hybridized carbons (Fsp3) is 0.333. The molecule has 37 heavy (non-hydrogen) atoms. The normalized spacial score (nSPS) is 18.1. The number of alkyl halides is 1. The summed E-state index contributed by atoms with van der Waals surface area (Å²) in [4.78, 5) is 0. The molecule has 1 aliphatic rings. The molecule has 0 aromatic heterocycles. The lowest BCUT2D eigenvalue weighted by molar-refractivity contribution is -0.0126. The molecule has 1 fully saturated rings. The van der Waals surface area contributed by atoms with Gasteiger partial charge in [0.15, 0.2) is 17.5 Å². The topological polar surface area (TPSA) is 18.5 Å². The summed E-state index contributed by atoms with van der Waals surface area (Å²) >= 11 is 0. The number of hydrogen-bond acceptors (Lipinski definition) is 2. The van der Waals surface area contributed by atoms with Gasteiger partial charge in [-0.1, -0.05) is 20.8 Å². The Labute approximate surface area is 208 Å². The van der Waals surface area contributed by atoms with E-state index in [0.29, 0.717) is 31.1 Å². The van der Waals surface area contributed by atoms with Crippen LogP contribution in [0.15, 0.2) is 36.4 Å². The van der Waals surface area contributed by atoms with Gasteiger partial charge in [0.2, 0.25) is 0 Å². The molecule has 0 amide bonds. The minimum Gasteiger partial charge on any atom is -0.456 e. The van der Waals surface area contributed by atoms with Crippen LogP contribution in [0.1, 0.15) is 57.2 Å². The van der Waals surface area contributed by atoms with E-state index >= 15 is 0 Å². The largest absolute Gasteiger partial charge is 0.456 e. The fourth-order valence-electron chi connectivity index (χ4n) is 3.92. The van der Waals surface area contributed by atoms with Crippen LogP contribution in [-0.4, -0.2) is 6.61 Å². The fourth-order valence-corrected chi connectivity index (χ4v) is 3.92. The molecule has 0 spiro atoms. The average Bonchev–Trinajstić information content (AvgIpc) is 2.83. The van der Waals surface area contributed by atoms with E-state index in [1.807, 2.05) is 20.8 Å². The highest BCUT2D eigenvalue weighted by Gasteiger charge is 2.27. The molecule has 3 aromatic rings. The molecule has 1 aliphatic heterocycles. The third kappa shape index (κ3) is 6.23. The minimum absolute atomic E-state index is 0.240. The second-order valence-corrected chi connectivity index (χ2v) is 8.35. The first-order valence-electron chi connectivity index (χ1n) is 11.6. The Morgan fingerprint density at radius 1 is 0.757 bits per heavy atom. The molecule has 1 saturated heterocycles. The highest BCUT2D eigenvalue weighted by molar-refractivity contribution is 5.66. The number of ether oxygens (including phenoxy) is 2. The Morgan fingerprint density at radius 2 is 1.30 bits per heavy atom. The number of halogens is 8. The van der Waals surface area contributed by atoms with Crippen molar-refractivity contribution in [1.29, 1.82) is 0 Å². The van der Waals surface area contributed by atoms with Crippen molar-refractivity contribution in [1.82, 2.24) is 0 Å². The lowest BCUT2D eigenvalue weighted by atomic mass is 9.93. The summed E-state index contributed by atoms with van der Waals surface area (Å²) < 4.78 is 123. The molecule has 4 rings (SSSR count). The van der Waals surface area contributed by atoms with Gasteiger partial charge >= 0.3 is 0 Å². The van der Waals surface area contributed by atoms with E-state index < -0.39 is 75.6 Å². The molecule has 3 aromatic carbocycles. The van der Waals surface area contributed by atoms with Crippen LogP contribution < -0.4 is 4.74 Å². The van der Waals surface area contributed by atoms with E-state index in [1.165, 1.54) is 0 Å². The van der Waals surface area contributed by atoms with Crippen molar-refractivity contribution < 1.29 is 44.6 Å². The van der Waals surface area contributed by atoms with Gasteiger partial charge < -0.3 is 9.47 Å². The van der Waals surface area contributed by atoms with Crippen molar-refractivity contribution in [2.75, 3.05) is 6.61 Å². The molecule has 10 heteroatoms. The summed E-state index contributed by atoms with van der Waals surface area (Å²) in [7, 11) is 0. The SMILES string of the molecule is CC.CC1CCC(c2cc(F)c(-c3cc(F)c(C(F)Oc4cc(F)c(F)c(F)c4)c(F)c3)c(F)c2)OC1. The molecule has 0 saturated carbocycles.